The number of amides is 4. The van der Waals surface area contributed by atoms with Gasteiger partial charge in [0, 0.05) is 31.6 Å². The number of rotatable bonds is 6. The molecular weight excluding hydrogens is 392 g/mol. The van der Waals surface area contributed by atoms with Crippen molar-refractivity contribution in [2.24, 2.45) is 0 Å². The van der Waals surface area contributed by atoms with Crippen LogP contribution >= 0.6 is 11.8 Å². The van der Waals surface area contributed by atoms with Crippen LogP contribution < -0.4 is 10.6 Å². The molecule has 2 heterocycles. The first-order valence-electron chi connectivity index (χ1n) is 9.53. The third kappa shape index (κ3) is 4.12. The van der Waals surface area contributed by atoms with Gasteiger partial charge in [0.05, 0.1) is 10.9 Å². The number of thioether (sulfide) groups is 1. The van der Waals surface area contributed by atoms with E-state index in [4.69, 9.17) is 0 Å². The molecule has 0 radical (unpaired) electrons. The Bertz CT molecular complexity index is 971. The number of anilines is 1. The third-order valence-corrected chi connectivity index (χ3v) is 5.81. The van der Waals surface area contributed by atoms with Crippen LogP contribution in [0.15, 0.2) is 29.4 Å². The van der Waals surface area contributed by atoms with E-state index in [2.05, 4.69) is 20.8 Å². The average Bonchev–Trinajstić information content (AvgIpc) is 3.31. The highest BCUT2D eigenvalue weighted by atomic mass is 32.2. The summed E-state index contributed by atoms with van der Waals surface area (Å²) in [6.07, 6.45) is 2.10. The maximum atomic E-state index is 12.7. The number of aromatic nitrogens is 3. The molecule has 10 heteroatoms. The topological polar surface area (TPSA) is 109 Å². The van der Waals surface area contributed by atoms with Gasteiger partial charge in [0.1, 0.15) is 5.82 Å². The van der Waals surface area contributed by atoms with E-state index in [1.807, 2.05) is 28.8 Å². The average molecular weight is 414 g/mol. The zero-order chi connectivity index (χ0) is 20.5. The number of urea groups is 1. The van der Waals surface area contributed by atoms with Gasteiger partial charge in [0.2, 0.25) is 11.8 Å². The van der Waals surface area contributed by atoms with Crippen molar-refractivity contribution >= 4 is 35.3 Å². The molecule has 152 valence electrons. The minimum Gasteiger partial charge on any atom is -0.336 e. The lowest BCUT2D eigenvalue weighted by Gasteiger charge is -2.18. The zero-order valence-electron chi connectivity index (χ0n) is 16.2. The maximum Gasteiger partial charge on any atom is 0.324 e. The summed E-state index contributed by atoms with van der Waals surface area (Å²) in [7, 11) is 0. The fourth-order valence-electron chi connectivity index (χ4n) is 3.24. The predicted octanol–water partition coefficient (Wildman–Crippen LogP) is 2.14. The van der Waals surface area contributed by atoms with Crippen molar-refractivity contribution < 1.29 is 14.4 Å². The van der Waals surface area contributed by atoms with Gasteiger partial charge in [-0.05, 0) is 38.0 Å². The summed E-state index contributed by atoms with van der Waals surface area (Å²) in [5.41, 5.74) is 1.50. The number of nitrogens with zero attached hydrogens (tertiary/aromatic N) is 4. The molecule has 1 aliphatic heterocycles. The Hall–Kier alpha value is -2.88. The molecule has 29 heavy (non-hydrogen) atoms. The number of carbonyl (C=O) groups excluding carboxylic acids is 3. The third-order valence-electron chi connectivity index (χ3n) is 4.78. The van der Waals surface area contributed by atoms with Crippen molar-refractivity contribution in [3.63, 3.8) is 0 Å². The minimum atomic E-state index is -0.493. The molecule has 1 aromatic heterocycles. The summed E-state index contributed by atoms with van der Waals surface area (Å²) in [5.74, 6) is 0.799. The Morgan fingerprint density at radius 3 is 2.76 bits per heavy atom. The van der Waals surface area contributed by atoms with Crippen LogP contribution in [0.2, 0.25) is 0 Å². The minimum absolute atomic E-state index is 0.147. The van der Waals surface area contributed by atoms with Crippen molar-refractivity contribution in [3.8, 4) is 5.69 Å². The van der Waals surface area contributed by atoms with Gasteiger partial charge in [-0.3, -0.25) is 19.1 Å². The van der Waals surface area contributed by atoms with Gasteiger partial charge in [-0.15, -0.1) is 10.2 Å². The molecule has 2 aliphatic rings. The molecule has 2 aromatic rings. The molecule has 0 spiro atoms. The largest absolute Gasteiger partial charge is 0.336 e. The fraction of sp³-hybridized carbons (Fsp3) is 0.421. The number of carbonyl (C=O) groups is 3. The molecule has 0 bridgehead atoms. The Balaban J connectivity index is 1.62. The summed E-state index contributed by atoms with van der Waals surface area (Å²) in [4.78, 5) is 37.1. The summed E-state index contributed by atoms with van der Waals surface area (Å²) in [6, 6.07) is 7.10. The molecule has 9 nitrogen and oxygen atoms in total. The summed E-state index contributed by atoms with van der Waals surface area (Å²) >= 11 is 1.28. The van der Waals surface area contributed by atoms with Crippen molar-refractivity contribution in [2.75, 3.05) is 18.4 Å². The van der Waals surface area contributed by atoms with Crippen LogP contribution in [0.5, 0.6) is 0 Å². The lowest BCUT2D eigenvalue weighted by Crippen LogP contribution is -2.39. The van der Waals surface area contributed by atoms with E-state index in [-0.39, 0.29) is 17.8 Å². The van der Waals surface area contributed by atoms with Crippen LogP contribution in [0, 0.1) is 0 Å². The molecule has 1 atom stereocenters. The van der Waals surface area contributed by atoms with E-state index >= 15 is 0 Å². The highest BCUT2D eigenvalue weighted by molar-refractivity contribution is 8.00. The number of hydrogen-bond donors (Lipinski definition) is 2. The standard InChI is InChI=1S/C19H22N6O3S/c1-11(17(27)24-9-8-20-18(24)28)29-19-23-22-16(13-6-7-13)25(19)15-5-3-4-14(10-15)21-12(2)26/h3-5,10-11,13H,6-9H2,1-2H3,(H,20,28)(H,21,26). The van der Waals surface area contributed by atoms with Gasteiger partial charge in [-0.1, -0.05) is 17.8 Å². The molecule has 2 fully saturated rings. The van der Waals surface area contributed by atoms with E-state index in [1.54, 1.807) is 6.92 Å². The Labute approximate surface area is 172 Å². The van der Waals surface area contributed by atoms with E-state index in [9.17, 15) is 14.4 Å². The molecule has 4 rings (SSSR count). The lowest BCUT2D eigenvalue weighted by atomic mass is 10.2. The van der Waals surface area contributed by atoms with Crippen LogP contribution in [0.4, 0.5) is 10.5 Å². The molecule has 1 saturated carbocycles. The molecule has 1 unspecified atom stereocenters. The van der Waals surface area contributed by atoms with E-state index in [0.29, 0.717) is 29.9 Å². The molecule has 1 aliphatic carbocycles. The molecule has 2 N–H and O–H groups in total. The second kappa shape index (κ2) is 7.86. The van der Waals surface area contributed by atoms with E-state index in [1.165, 1.54) is 23.6 Å². The van der Waals surface area contributed by atoms with Crippen LogP contribution in [-0.4, -0.2) is 55.8 Å². The summed E-state index contributed by atoms with van der Waals surface area (Å²) in [5, 5.41) is 14.2. The van der Waals surface area contributed by atoms with E-state index < -0.39 is 5.25 Å². The van der Waals surface area contributed by atoms with Crippen molar-refractivity contribution in [1.29, 1.82) is 0 Å². The normalized spacial score (nSPS) is 17.2. The first kappa shape index (κ1) is 19.4. The molecule has 1 aromatic carbocycles. The van der Waals surface area contributed by atoms with Gasteiger partial charge < -0.3 is 10.6 Å². The Kier molecular flexibility index (Phi) is 5.27. The van der Waals surface area contributed by atoms with Crippen LogP contribution in [0.1, 0.15) is 38.4 Å². The first-order valence-corrected chi connectivity index (χ1v) is 10.4. The van der Waals surface area contributed by atoms with E-state index in [0.717, 1.165) is 24.4 Å². The first-order chi connectivity index (χ1) is 13.9. The quantitative estimate of drug-likeness (QED) is 0.701. The van der Waals surface area contributed by atoms with Crippen molar-refractivity contribution in [3.05, 3.63) is 30.1 Å². The Morgan fingerprint density at radius 2 is 2.10 bits per heavy atom. The number of imide groups is 1. The highest BCUT2D eigenvalue weighted by Crippen LogP contribution is 2.41. The number of hydrogen-bond acceptors (Lipinski definition) is 6. The van der Waals surface area contributed by atoms with Gasteiger partial charge in [0.25, 0.3) is 0 Å². The summed E-state index contributed by atoms with van der Waals surface area (Å²) in [6.45, 7) is 4.08. The van der Waals surface area contributed by atoms with Crippen LogP contribution in [-0.2, 0) is 9.59 Å². The highest BCUT2D eigenvalue weighted by Gasteiger charge is 2.34. The second-order valence-corrected chi connectivity index (χ2v) is 8.47. The SMILES string of the molecule is CC(=O)Nc1cccc(-n2c(SC(C)C(=O)N3CCNC3=O)nnc2C2CC2)c1. The maximum absolute atomic E-state index is 12.7. The van der Waals surface area contributed by atoms with Gasteiger partial charge in [-0.25, -0.2) is 4.79 Å². The van der Waals surface area contributed by atoms with Crippen molar-refractivity contribution in [1.82, 2.24) is 25.0 Å². The van der Waals surface area contributed by atoms with Gasteiger partial charge in [-0.2, -0.15) is 0 Å². The monoisotopic (exact) mass is 414 g/mol. The van der Waals surface area contributed by atoms with Crippen LogP contribution in [0.25, 0.3) is 5.69 Å². The van der Waals surface area contributed by atoms with Crippen molar-refractivity contribution in [2.45, 2.75) is 43.0 Å². The predicted molar refractivity (Wildman–Crippen MR) is 108 cm³/mol. The Morgan fingerprint density at radius 1 is 1.31 bits per heavy atom. The number of nitrogens with one attached hydrogen (secondary N) is 2. The fourth-order valence-corrected chi connectivity index (χ4v) is 4.18. The van der Waals surface area contributed by atoms with Gasteiger partial charge in [0.15, 0.2) is 5.16 Å². The zero-order valence-corrected chi connectivity index (χ0v) is 17.0. The van der Waals surface area contributed by atoms with Crippen LogP contribution in [0.3, 0.4) is 0 Å². The lowest BCUT2D eigenvalue weighted by molar-refractivity contribution is -0.126. The second-order valence-electron chi connectivity index (χ2n) is 7.16. The molecule has 1 saturated heterocycles. The molecular formula is C19H22N6O3S. The smallest absolute Gasteiger partial charge is 0.324 e. The summed E-state index contributed by atoms with van der Waals surface area (Å²) < 4.78 is 1.95. The van der Waals surface area contributed by atoms with Gasteiger partial charge >= 0.3 is 6.03 Å². The number of benzene rings is 1. The molecule has 4 amide bonds.